The van der Waals surface area contributed by atoms with Gasteiger partial charge >= 0.3 is 6.61 Å². The van der Waals surface area contributed by atoms with Crippen LogP contribution in [-0.2, 0) is 6.54 Å². The Kier molecular flexibility index (Phi) is 10.1. The van der Waals surface area contributed by atoms with Crippen LogP contribution in [0.25, 0.3) is 0 Å². The maximum Gasteiger partial charge on any atom is 0.387 e. The first-order valence-corrected chi connectivity index (χ1v) is 10.5. The molecule has 2 N–H and O–H groups in total. The number of piperazine rings is 1. The number of nitrogens with zero attached hydrogens (tertiary/aromatic N) is 3. The minimum Gasteiger partial charge on any atom is -0.493 e. The fourth-order valence-corrected chi connectivity index (χ4v) is 3.22. The topological polar surface area (TPSA) is 61.4 Å². The molecule has 170 valence electrons. The molecular formula is C21H35F2N5O2. The fourth-order valence-electron chi connectivity index (χ4n) is 3.22. The zero-order valence-electron chi connectivity index (χ0n) is 18.5. The van der Waals surface area contributed by atoms with Gasteiger partial charge in [-0.15, -0.1) is 0 Å². The molecule has 0 aromatic heterocycles. The van der Waals surface area contributed by atoms with Crippen molar-refractivity contribution in [1.82, 2.24) is 20.4 Å². The molecule has 1 aromatic rings. The number of aliphatic imine (C=N–C) groups is 1. The Labute approximate surface area is 178 Å². The van der Waals surface area contributed by atoms with Gasteiger partial charge in [0.2, 0.25) is 0 Å². The van der Waals surface area contributed by atoms with Crippen molar-refractivity contribution in [3.63, 3.8) is 0 Å². The summed E-state index contributed by atoms with van der Waals surface area (Å²) in [5, 5.41) is 6.58. The molecule has 0 saturated carbocycles. The maximum absolute atomic E-state index is 12.9. The lowest BCUT2D eigenvalue weighted by molar-refractivity contribution is -0.0505. The second kappa shape index (κ2) is 12.5. The van der Waals surface area contributed by atoms with E-state index in [0.717, 1.165) is 32.6 Å². The number of nitrogens with one attached hydrogen (secondary N) is 2. The average molecular weight is 428 g/mol. The second-order valence-corrected chi connectivity index (χ2v) is 7.47. The molecule has 0 aliphatic carbocycles. The molecule has 0 spiro atoms. The Morgan fingerprint density at radius 3 is 2.73 bits per heavy atom. The van der Waals surface area contributed by atoms with Crippen LogP contribution in [0.5, 0.6) is 11.5 Å². The van der Waals surface area contributed by atoms with Crippen LogP contribution in [0, 0.1) is 0 Å². The minimum atomic E-state index is -2.90. The number of rotatable bonds is 10. The number of ether oxygens (including phenoxy) is 2. The summed E-state index contributed by atoms with van der Waals surface area (Å²) in [5.41, 5.74) is 0.575. The van der Waals surface area contributed by atoms with Gasteiger partial charge in [0, 0.05) is 50.4 Å². The van der Waals surface area contributed by atoms with Crippen molar-refractivity contribution in [1.29, 1.82) is 0 Å². The van der Waals surface area contributed by atoms with Gasteiger partial charge in [0.05, 0.1) is 13.2 Å². The van der Waals surface area contributed by atoms with Crippen molar-refractivity contribution >= 4 is 5.96 Å². The molecule has 1 aromatic carbocycles. The molecule has 7 nitrogen and oxygen atoms in total. The van der Waals surface area contributed by atoms with Crippen LogP contribution in [0.15, 0.2) is 23.2 Å². The zero-order valence-corrected chi connectivity index (χ0v) is 18.5. The number of alkyl halides is 2. The summed E-state index contributed by atoms with van der Waals surface area (Å²) in [6.07, 6.45) is 0.834. The van der Waals surface area contributed by atoms with Gasteiger partial charge in [0.1, 0.15) is 11.5 Å². The molecule has 1 aliphatic heterocycles. The van der Waals surface area contributed by atoms with Crippen molar-refractivity contribution in [2.45, 2.75) is 39.5 Å². The summed E-state index contributed by atoms with van der Waals surface area (Å²) in [5.74, 6) is 1.25. The fraction of sp³-hybridized carbons (Fsp3) is 0.667. The Morgan fingerprint density at radius 2 is 2.03 bits per heavy atom. The van der Waals surface area contributed by atoms with Gasteiger partial charge in [-0.1, -0.05) is 6.92 Å². The smallest absolute Gasteiger partial charge is 0.387 e. The molecule has 1 heterocycles. The third-order valence-electron chi connectivity index (χ3n) is 4.96. The molecule has 1 saturated heterocycles. The largest absolute Gasteiger partial charge is 0.493 e. The van der Waals surface area contributed by atoms with E-state index in [1.807, 2.05) is 13.8 Å². The SMILES string of the molecule is CCCOc1ccc(CN=C(NCC)NCC2CN(C)CCN2C)c(OC(F)F)c1. The lowest BCUT2D eigenvalue weighted by Crippen LogP contribution is -2.55. The Balaban J connectivity index is 2.06. The minimum absolute atomic E-state index is 0.0897. The third-order valence-corrected chi connectivity index (χ3v) is 4.96. The number of halogens is 2. The van der Waals surface area contributed by atoms with Gasteiger partial charge in [-0.05, 0) is 39.6 Å². The van der Waals surface area contributed by atoms with E-state index in [0.29, 0.717) is 36.5 Å². The highest BCUT2D eigenvalue weighted by molar-refractivity contribution is 5.79. The van der Waals surface area contributed by atoms with Crippen LogP contribution in [0.2, 0.25) is 0 Å². The summed E-state index contributed by atoms with van der Waals surface area (Å²) in [6, 6.07) is 5.35. The molecule has 1 unspecified atom stereocenters. The van der Waals surface area contributed by atoms with Crippen molar-refractivity contribution in [2.24, 2.45) is 4.99 Å². The monoisotopic (exact) mass is 427 g/mol. The van der Waals surface area contributed by atoms with Gasteiger partial charge in [0.15, 0.2) is 5.96 Å². The van der Waals surface area contributed by atoms with Crippen LogP contribution in [0.3, 0.4) is 0 Å². The maximum atomic E-state index is 12.9. The van der Waals surface area contributed by atoms with Gasteiger partial charge in [-0.2, -0.15) is 8.78 Å². The zero-order chi connectivity index (χ0) is 21.9. The van der Waals surface area contributed by atoms with Crippen molar-refractivity contribution in [3.05, 3.63) is 23.8 Å². The van der Waals surface area contributed by atoms with E-state index in [1.54, 1.807) is 12.1 Å². The predicted octanol–water partition coefficient (Wildman–Crippen LogP) is 2.38. The van der Waals surface area contributed by atoms with Gasteiger partial charge in [0.25, 0.3) is 0 Å². The van der Waals surface area contributed by atoms with E-state index >= 15 is 0 Å². The number of benzene rings is 1. The van der Waals surface area contributed by atoms with Gasteiger partial charge < -0.3 is 25.0 Å². The number of hydrogen-bond acceptors (Lipinski definition) is 5. The first-order chi connectivity index (χ1) is 14.4. The van der Waals surface area contributed by atoms with Crippen LogP contribution < -0.4 is 20.1 Å². The molecule has 0 amide bonds. The Morgan fingerprint density at radius 1 is 1.23 bits per heavy atom. The summed E-state index contributed by atoms with van der Waals surface area (Å²) in [4.78, 5) is 9.21. The summed E-state index contributed by atoms with van der Waals surface area (Å²) in [7, 11) is 4.25. The Hall–Kier alpha value is -2.13. The van der Waals surface area contributed by atoms with E-state index in [4.69, 9.17) is 9.47 Å². The van der Waals surface area contributed by atoms with Gasteiger partial charge in [-0.25, -0.2) is 4.99 Å². The summed E-state index contributed by atoms with van der Waals surface area (Å²) < 4.78 is 36.0. The lowest BCUT2D eigenvalue weighted by atomic mass is 10.2. The normalized spacial score (nSPS) is 18.5. The molecule has 30 heavy (non-hydrogen) atoms. The molecule has 1 atom stereocenters. The van der Waals surface area contributed by atoms with Crippen LogP contribution in [0.4, 0.5) is 8.78 Å². The summed E-state index contributed by atoms with van der Waals surface area (Å²) in [6.45, 7) is 6.32. The molecule has 1 fully saturated rings. The number of hydrogen-bond donors (Lipinski definition) is 2. The first-order valence-electron chi connectivity index (χ1n) is 10.5. The molecular weight excluding hydrogens is 392 g/mol. The van der Waals surface area contributed by atoms with Crippen LogP contribution in [0.1, 0.15) is 25.8 Å². The van der Waals surface area contributed by atoms with E-state index in [2.05, 4.69) is 39.5 Å². The molecule has 9 heteroatoms. The Bertz CT molecular complexity index is 675. The van der Waals surface area contributed by atoms with Crippen molar-refractivity contribution in [2.75, 3.05) is 53.4 Å². The van der Waals surface area contributed by atoms with Crippen molar-refractivity contribution in [3.8, 4) is 11.5 Å². The summed E-state index contributed by atoms with van der Waals surface area (Å²) >= 11 is 0. The standard InChI is InChI=1S/C21H35F2N5O2/c1-5-11-29-18-8-7-16(19(12-18)30-20(22)23)13-25-21(24-6-2)26-14-17-15-27(3)9-10-28(17)4/h7-8,12,17,20H,5-6,9-11,13-15H2,1-4H3,(H2,24,25,26). The second-order valence-electron chi connectivity index (χ2n) is 7.47. The molecule has 2 rings (SSSR count). The quantitative estimate of drug-likeness (QED) is 0.442. The van der Waals surface area contributed by atoms with Crippen LogP contribution >= 0.6 is 0 Å². The van der Waals surface area contributed by atoms with E-state index in [-0.39, 0.29) is 12.3 Å². The highest BCUT2D eigenvalue weighted by Crippen LogP contribution is 2.27. The highest BCUT2D eigenvalue weighted by atomic mass is 19.3. The number of guanidine groups is 1. The lowest BCUT2D eigenvalue weighted by Gasteiger charge is -2.37. The third kappa shape index (κ3) is 7.95. The molecule has 1 aliphatic rings. The molecule has 0 radical (unpaired) electrons. The molecule has 0 bridgehead atoms. The van der Waals surface area contributed by atoms with E-state index in [9.17, 15) is 8.78 Å². The van der Waals surface area contributed by atoms with Crippen molar-refractivity contribution < 1.29 is 18.3 Å². The van der Waals surface area contributed by atoms with Gasteiger partial charge in [-0.3, -0.25) is 4.90 Å². The average Bonchev–Trinajstić information content (AvgIpc) is 2.71. The predicted molar refractivity (Wildman–Crippen MR) is 116 cm³/mol. The first kappa shape index (κ1) is 24.1. The number of likely N-dealkylation sites (N-methyl/N-ethyl adjacent to an activating group) is 2. The van der Waals surface area contributed by atoms with E-state index in [1.165, 1.54) is 6.07 Å². The van der Waals surface area contributed by atoms with E-state index < -0.39 is 6.61 Å². The van der Waals surface area contributed by atoms with Crippen LogP contribution in [-0.4, -0.2) is 81.8 Å². The highest BCUT2D eigenvalue weighted by Gasteiger charge is 2.22.